The maximum Gasteiger partial charge on any atom is 0.160 e. The molecule has 2 aromatic carbocycles. The summed E-state index contributed by atoms with van der Waals surface area (Å²) in [5.41, 5.74) is 3.17. The van der Waals surface area contributed by atoms with Gasteiger partial charge in [0.1, 0.15) is 11.5 Å². The lowest BCUT2D eigenvalue weighted by Gasteiger charge is -2.19. The molecular formula is C27H18O2S2. The second-order valence-electron chi connectivity index (χ2n) is 7.02. The quantitative estimate of drug-likeness (QED) is 0.297. The number of allylic oxidation sites excluding steroid dienone is 3. The number of thiophene rings is 2. The van der Waals surface area contributed by atoms with Crippen molar-refractivity contribution >= 4 is 46.6 Å². The SMILES string of the molecule is O=Cc1ccc(-c2ccc(C=C3C=C(c4ccccc4)OC(c4ccccc4)=C3)s2)s1. The van der Waals surface area contributed by atoms with Gasteiger partial charge in [0, 0.05) is 25.8 Å². The van der Waals surface area contributed by atoms with Crippen LogP contribution in [0.3, 0.4) is 0 Å². The van der Waals surface area contributed by atoms with Gasteiger partial charge >= 0.3 is 0 Å². The third kappa shape index (κ3) is 4.36. The van der Waals surface area contributed by atoms with Crippen LogP contribution in [0.4, 0.5) is 0 Å². The number of carbonyl (C=O) groups is 1. The van der Waals surface area contributed by atoms with Crippen molar-refractivity contribution in [2.75, 3.05) is 0 Å². The third-order valence-electron chi connectivity index (χ3n) is 4.85. The Balaban J connectivity index is 1.52. The summed E-state index contributed by atoms with van der Waals surface area (Å²) < 4.78 is 6.27. The lowest BCUT2D eigenvalue weighted by atomic mass is 10.0. The second kappa shape index (κ2) is 8.72. The molecule has 0 atom stereocenters. The molecule has 0 saturated heterocycles. The van der Waals surface area contributed by atoms with Crippen molar-refractivity contribution in [1.29, 1.82) is 0 Å². The number of hydrogen-bond donors (Lipinski definition) is 0. The van der Waals surface area contributed by atoms with Crippen LogP contribution in [0, 0.1) is 0 Å². The van der Waals surface area contributed by atoms with Crippen molar-refractivity contribution in [3.05, 3.63) is 124 Å². The first-order valence-electron chi connectivity index (χ1n) is 9.87. The number of aldehydes is 1. The lowest BCUT2D eigenvalue weighted by molar-refractivity contribution is 0.112. The summed E-state index contributed by atoms with van der Waals surface area (Å²) in [5, 5.41) is 0. The topological polar surface area (TPSA) is 26.3 Å². The maximum absolute atomic E-state index is 11.0. The molecule has 4 heteroatoms. The van der Waals surface area contributed by atoms with E-state index in [2.05, 4.69) is 54.6 Å². The highest BCUT2D eigenvalue weighted by Crippen LogP contribution is 2.36. The fourth-order valence-corrected chi connectivity index (χ4v) is 5.25. The van der Waals surface area contributed by atoms with Gasteiger partial charge in [0.05, 0.1) is 4.88 Å². The van der Waals surface area contributed by atoms with Gasteiger partial charge in [-0.15, -0.1) is 22.7 Å². The van der Waals surface area contributed by atoms with E-state index in [4.69, 9.17) is 4.74 Å². The minimum absolute atomic E-state index is 0.749. The molecule has 2 nitrogen and oxygen atoms in total. The van der Waals surface area contributed by atoms with E-state index in [-0.39, 0.29) is 0 Å². The van der Waals surface area contributed by atoms with Gasteiger partial charge in [0.2, 0.25) is 0 Å². The van der Waals surface area contributed by atoms with Gasteiger partial charge in [0.15, 0.2) is 6.29 Å². The van der Waals surface area contributed by atoms with E-state index in [1.807, 2.05) is 48.5 Å². The van der Waals surface area contributed by atoms with Crippen molar-refractivity contribution in [2.24, 2.45) is 0 Å². The Hall–Kier alpha value is -3.47. The van der Waals surface area contributed by atoms with Crippen LogP contribution in [0.25, 0.3) is 27.3 Å². The number of rotatable bonds is 5. The fraction of sp³-hybridized carbons (Fsp3) is 0. The third-order valence-corrected chi connectivity index (χ3v) is 7.09. The number of ether oxygens (including phenoxy) is 1. The molecule has 5 rings (SSSR count). The molecule has 0 saturated carbocycles. The molecule has 0 unspecified atom stereocenters. The van der Waals surface area contributed by atoms with Gasteiger partial charge < -0.3 is 4.74 Å². The first kappa shape index (κ1) is 19.5. The molecule has 4 aromatic rings. The van der Waals surface area contributed by atoms with Crippen molar-refractivity contribution in [3.8, 4) is 9.75 Å². The van der Waals surface area contributed by atoms with E-state index in [9.17, 15) is 4.79 Å². The minimum atomic E-state index is 0.749. The highest BCUT2D eigenvalue weighted by Gasteiger charge is 2.15. The zero-order valence-corrected chi connectivity index (χ0v) is 18.2. The molecule has 150 valence electrons. The second-order valence-corrected chi connectivity index (χ2v) is 9.25. The molecule has 3 heterocycles. The van der Waals surface area contributed by atoms with Gasteiger partial charge in [-0.1, -0.05) is 60.7 Å². The largest absolute Gasteiger partial charge is 0.456 e. The van der Waals surface area contributed by atoms with Gasteiger partial charge in [-0.25, -0.2) is 0 Å². The molecule has 0 spiro atoms. The maximum atomic E-state index is 11.0. The molecule has 0 amide bonds. The minimum Gasteiger partial charge on any atom is -0.456 e. The molecule has 1 aliphatic heterocycles. The summed E-state index contributed by atoms with van der Waals surface area (Å²) in [6, 6.07) is 28.4. The smallest absolute Gasteiger partial charge is 0.160 e. The number of benzene rings is 2. The van der Waals surface area contributed by atoms with Gasteiger partial charge in [0.25, 0.3) is 0 Å². The van der Waals surface area contributed by atoms with Crippen LogP contribution in [0.2, 0.25) is 0 Å². The molecule has 31 heavy (non-hydrogen) atoms. The Morgan fingerprint density at radius 2 is 1.13 bits per heavy atom. The average Bonchev–Trinajstić information content (AvgIpc) is 3.49. The number of carbonyl (C=O) groups excluding carboxylic acids is 1. The van der Waals surface area contributed by atoms with Gasteiger partial charge in [-0.05, 0) is 48.1 Å². The predicted molar refractivity (Wildman–Crippen MR) is 131 cm³/mol. The zero-order valence-electron chi connectivity index (χ0n) is 16.5. The van der Waals surface area contributed by atoms with E-state index in [0.29, 0.717) is 0 Å². The zero-order chi connectivity index (χ0) is 21.0. The summed E-state index contributed by atoms with van der Waals surface area (Å²) in [7, 11) is 0. The summed E-state index contributed by atoms with van der Waals surface area (Å²) in [4.78, 5) is 15.2. The molecular weight excluding hydrogens is 420 g/mol. The van der Waals surface area contributed by atoms with Crippen LogP contribution >= 0.6 is 22.7 Å². The van der Waals surface area contributed by atoms with Crippen molar-refractivity contribution < 1.29 is 9.53 Å². The van der Waals surface area contributed by atoms with E-state index in [0.717, 1.165) is 54.0 Å². The van der Waals surface area contributed by atoms with E-state index < -0.39 is 0 Å². The molecule has 0 radical (unpaired) electrons. The predicted octanol–water partition coefficient (Wildman–Crippen LogP) is 7.78. The monoisotopic (exact) mass is 438 g/mol. The Morgan fingerprint density at radius 3 is 1.65 bits per heavy atom. The van der Waals surface area contributed by atoms with Crippen LogP contribution in [0.15, 0.2) is 103 Å². The summed E-state index contributed by atoms with van der Waals surface area (Å²) >= 11 is 3.23. The summed E-state index contributed by atoms with van der Waals surface area (Å²) in [6.07, 6.45) is 7.24. The van der Waals surface area contributed by atoms with Crippen LogP contribution in [0.5, 0.6) is 0 Å². The van der Waals surface area contributed by atoms with Crippen LogP contribution < -0.4 is 0 Å². The van der Waals surface area contributed by atoms with E-state index >= 15 is 0 Å². The molecule has 0 aliphatic carbocycles. The van der Waals surface area contributed by atoms with Gasteiger partial charge in [-0.2, -0.15) is 0 Å². The lowest BCUT2D eigenvalue weighted by Crippen LogP contribution is -1.99. The Kier molecular flexibility index (Phi) is 5.48. The fourth-order valence-electron chi connectivity index (χ4n) is 3.37. The highest BCUT2D eigenvalue weighted by molar-refractivity contribution is 7.23. The van der Waals surface area contributed by atoms with Crippen molar-refractivity contribution in [3.63, 3.8) is 0 Å². The Bertz CT molecular complexity index is 1250. The van der Waals surface area contributed by atoms with Crippen LogP contribution in [0.1, 0.15) is 25.7 Å². The molecule has 0 bridgehead atoms. The Morgan fingerprint density at radius 1 is 0.613 bits per heavy atom. The first-order valence-corrected chi connectivity index (χ1v) is 11.5. The van der Waals surface area contributed by atoms with Crippen molar-refractivity contribution in [1.82, 2.24) is 0 Å². The van der Waals surface area contributed by atoms with E-state index in [1.165, 1.54) is 11.3 Å². The average molecular weight is 439 g/mol. The first-order chi connectivity index (χ1) is 15.3. The standard InChI is InChI=1S/C27H18O2S2/c28-18-23-12-14-27(31-23)26-13-11-22(30-26)15-19-16-24(20-7-3-1-4-8-20)29-25(17-19)21-9-5-2-6-10-21/h1-18H. The van der Waals surface area contributed by atoms with Crippen LogP contribution in [-0.4, -0.2) is 6.29 Å². The molecule has 1 aliphatic rings. The highest BCUT2D eigenvalue weighted by atomic mass is 32.1. The summed E-state index contributed by atoms with van der Waals surface area (Å²) in [6.45, 7) is 0. The molecule has 0 fully saturated rings. The van der Waals surface area contributed by atoms with Crippen molar-refractivity contribution in [2.45, 2.75) is 0 Å². The molecule has 2 aromatic heterocycles. The van der Waals surface area contributed by atoms with E-state index in [1.54, 1.807) is 11.3 Å². The Labute approximate surface area is 189 Å². The van der Waals surface area contributed by atoms with Gasteiger partial charge in [-0.3, -0.25) is 4.79 Å². The normalized spacial score (nSPS) is 13.2. The van der Waals surface area contributed by atoms with Crippen LogP contribution in [-0.2, 0) is 4.74 Å². The summed E-state index contributed by atoms with van der Waals surface area (Å²) in [5.74, 6) is 1.66. The number of hydrogen-bond acceptors (Lipinski definition) is 4. The molecule has 0 N–H and O–H groups in total.